The van der Waals surface area contributed by atoms with Gasteiger partial charge in [0.2, 0.25) is 5.91 Å². The minimum Gasteiger partial charge on any atom is -0.494 e. The number of rotatable bonds is 5. The second-order valence-electron chi connectivity index (χ2n) is 11.0. The second kappa shape index (κ2) is 26.5. The number of nitrogens with zero attached hydrogens (tertiary/aromatic N) is 1. The zero-order valence-corrected chi connectivity index (χ0v) is 27.3. The van der Waals surface area contributed by atoms with Crippen LogP contribution in [0.25, 0.3) is 0 Å². The number of amides is 1. The highest BCUT2D eigenvalue weighted by Crippen LogP contribution is 2.15. The van der Waals surface area contributed by atoms with E-state index >= 15 is 0 Å². The normalized spacial score (nSPS) is 18.0. The van der Waals surface area contributed by atoms with E-state index in [0.717, 1.165) is 23.8 Å². The summed E-state index contributed by atoms with van der Waals surface area (Å²) in [5.41, 5.74) is 11.7. The number of aldehydes is 1. The standard InChI is InChI=1S/C19H30N4O4.C5H13N.C4H10.CH5N.CH2O/c1-3-23(2)12-17(25)16-11-14-6-8-15(9-7-14)27-10-4-5-19(26)20-18(13-24)22-21-16;1-5(2,3)6-4;1-4(2)3;2*1-2/h6-9,13,16-18,21-22,25H,3-5,10-12H2,1-2H3,(H,20,26);6H,1-4H3;4H,1-3H3;2H2,1H3;1H2/t16-,17?,18?;;;;/m0..../s1. The van der Waals surface area contributed by atoms with Gasteiger partial charge in [-0.25, -0.2) is 10.9 Å². The quantitative estimate of drug-likeness (QED) is 0.282. The van der Waals surface area contributed by atoms with Crippen LogP contribution in [0, 0.1) is 5.92 Å². The monoisotopic (exact) mass is 584 g/mol. The van der Waals surface area contributed by atoms with Crippen molar-refractivity contribution in [2.45, 2.75) is 91.6 Å². The molecule has 0 aromatic heterocycles. The van der Waals surface area contributed by atoms with Gasteiger partial charge in [-0.3, -0.25) is 9.59 Å². The number of carbonyl (C=O) groups excluding carboxylic acids is 3. The summed E-state index contributed by atoms with van der Waals surface area (Å²) in [5, 5.41) is 16.4. The number of aliphatic hydroxyl groups is 1. The smallest absolute Gasteiger partial charge is 0.221 e. The van der Waals surface area contributed by atoms with Gasteiger partial charge in [-0.1, -0.05) is 39.8 Å². The van der Waals surface area contributed by atoms with Gasteiger partial charge in [-0.05, 0) is 84.9 Å². The molecule has 1 aromatic rings. The Morgan fingerprint density at radius 2 is 1.68 bits per heavy atom. The lowest BCUT2D eigenvalue weighted by Crippen LogP contribution is -2.59. The Morgan fingerprint density at radius 3 is 2.12 bits per heavy atom. The number of benzene rings is 1. The number of likely N-dealkylation sites (N-methyl/N-ethyl adjacent to an activating group) is 1. The molecule has 2 heterocycles. The highest BCUT2D eigenvalue weighted by atomic mass is 16.5. The number of nitrogens with two attached hydrogens (primary N) is 1. The van der Waals surface area contributed by atoms with E-state index in [2.05, 4.69) is 68.8 Å². The maximum absolute atomic E-state index is 12.0. The molecule has 0 saturated carbocycles. The fraction of sp³-hybridized carbons (Fsp3) is 0.700. The molecule has 11 heteroatoms. The summed E-state index contributed by atoms with van der Waals surface area (Å²) < 4.78 is 5.64. The van der Waals surface area contributed by atoms with Crippen molar-refractivity contribution in [3.05, 3.63) is 29.8 Å². The van der Waals surface area contributed by atoms with Gasteiger partial charge in [-0.2, -0.15) is 0 Å². The van der Waals surface area contributed by atoms with E-state index in [4.69, 9.17) is 9.53 Å². The fourth-order valence-corrected chi connectivity index (χ4v) is 2.80. The molecule has 0 radical (unpaired) electrons. The summed E-state index contributed by atoms with van der Waals surface area (Å²) >= 11 is 0. The molecule has 2 unspecified atom stereocenters. The van der Waals surface area contributed by atoms with Gasteiger partial charge in [0.25, 0.3) is 0 Å². The van der Waals surface area contributed by atoms with Gasteiger partial charge in [0.1, 0.15) is 18.7 Å². The van der Waals surface area contributed by atoms with Crippen LogP contribution in [0.1, 0.15) is 66.9 Å². The van der Waals surface area contributed by atoms with Crippen molar-refractivity contribution in [2.75, 3.05) is 40.8 Å². The third-order valence-corrected chi connectivity index (χ3v) is 5.33. The number of aliphatic hydroxyl groups excluding tert-OH is 1. The van der Waals surface area contributed by atoms with E-state index in [-0.39, 0.29) is 18.4 Å². The lowest BCUT2D eigenvalue weighted by atomic mass is 10.0. The van der Waals surface area contributed by atoms with Crippen molar-refractivity contribution in [3.63, 3.8) is 0 Å². The zero-order valence-electron chi connectivity index (χ0n) is 27.3. The molecule has 3 rings (SSSR count). The van der Waals surface area contributed by atoms with E-state index in [1.165, 1.54) is 7.05 Å². The maximum atomic E-state index is 12.0. The zero-order chi connectivity index (χ0) is 32.4. The average molecular weight is 585 g/mol. The Labute approximate surface area is 249 Å². The molecule has 0 spiro atoms. The Kier molecular flexibility index (Phi) is 27.8. The largest absolute Gasteiger partial charge is 0.494 e. The number of carbonyl (C=O) groups is 3. The first-order valence-electron chi connectivity index (χ1n) is 14.2. The van der Waals surface area contributed by atoms with Crippen molar-refractivity contribution in [1.82, 2.24) is 26.4 Å². The molecule has 11 nitrogen and oxygen atoms in total. The first kappa shape index (κ1) is 43.0. The van der Waals surface area contributed by atoms with Gasteiger partial charge in [0.05, 0.1) is 18.8 Å². The van der Waals surface area contributed by atoms with E-state index in [1.54, 1.807) is 0 Å². The summed E-state index contributed by atoms with van der Waals surface area (Å²) in [6.07, 6.45) is 0.441. The Hall–Kier alpha value is -2.41. The Bertz CT molecular complexity index is 756. The Morgan fingerprint density at radius 1 is 1.17 bits per heavy atom. The predicted molar refractivity (Wildman–Crippen MR) is 169 cm³/mol. The topological polar surface area (TPSA) is 158 Å². The number of hydrogen-bond donors (Lipinski definition) is 6. The molecular weight excluding hydrogens is 524 g/mol. The molecule has 0 fully saturated rings. The molecule has 2 bridgehead atoms. The molecular formula is C30H60N6O5. The van der Waals surface area contributed by atoms with Crippen molar-refractivity contribution in [3.8, 4) is 5.75 Å². The van der Waals surface area contributed by atoms with Crippen LogP contribution in [0.3, 0.4) is 0 Å². The molecule has 1 amide bonds. The second-order valence-corrected chi connectivity index (χ2v) is 11.0. The summed E-state index contributed by atoms with van der Waals surface area (Å²) in [7, 11) is 5.39. The molecule has 7 N–H and O–H groups in total. The van der Waals surface area contributed by atoms with Crippen LogP contribution in [-0.2, 0) is 20.8 Å². The third kappa shape index (κ3) is 26.2. The summed E-state index contributed by atoms with van der Waals surface area (Å²) in [4.78, 5) is 33.3. The minimum absolute atomic E-state index is 0.238. The number of hydrogen-bond acceptors (Lipinski definition) is 10. The van der Waals surface area contributed by atoms with Gasteiger partial charge < -0.3 is 35.9 Å². The summed E-state index contributed by atoms with van der Waals surface area (Å²) in [5.74, 6) is 1.34. The highest BCUT2D eigenvalue weighted by Gasteiger charge is 2.22. The van der Waals surface area contributed by atoms with Crippen LogP contribution in [0.2, 0.25) is 0 Å². The summed E-state index contributed by atoms with van der Waals surface area (Å²) in [6, 6.07) is 7.34. The number of hydrazine groups is 1. The number of fused-ring (bicyclic) bond motifs is 12. The van der Waals surface area contributed by atoms with Gasteiger partial charge in [0, 0.05) is 18.5 Å². The molecule has 240 valence electrons. The van der Waals surface area contributed by atoms with Crippen molar-refractivity contribution in [1.29, 1.82) is 0 Å². The highest BCUT2D eigenvalue weighted by molar-refractivity contribution is 5.79. The van der Waals surface area contributed by atoms with Gasteiger partial charge >= 0.3 is 0 Å². The van der Waals surface area contributed by atoms with Crippen molar-refractivity contribution < 1.29 is 24.2 Å². The van der Waals surface area contributed by atoms with Crippen LogP contribution in [0.15, 0.2) is 24.3 Å². The number of nitrogens with one attached hydrogen (secondary N) is 4. The first-order chi connectivity index (χ1) is 19.3. The predicted octanol–water partition coefficient (Wildman–Crippen LogP) is 1.87. The van der Waals surface area contributed by atoms with Gasteiger partial charge in [0.15, 0.2) is 6.29 Å². The van der Waals surface area contributed by atoms with Crippen LogP contribution < -0.4 is 32.0 Å². The molecule has 2 aliphatic rings. The fourth-order valence-electron chi connectivity index (χ4n) is 2.80. The van der Waals surface area contributed by atoms with Crippen LogP contribution >= 0.6 is 0 Å². The molecule has 0 saturated heterocycles. The first-order valence-corrected chi connectivity index (χ1v) is 14.2. The lowest BCUT2D eigenvalue weighted by Gasteiger charge is -2.29. The average Bonchev–Trinajstić information content (AvgIpc) is 2.95. The number of ether oxygens (including phenoxy) is 1. The maximum Gasteiger partial charge on any atom is 0.221 e. The molecule has 41 heavy (non-hydrogen) atoms. The van der Waals surface area contributed by atoms with Crippen LogP contribution in [0.5, 0.6) is 5.75 Å². The van der Waals surface area contributed by atoms with Crippen molar-refractivity contribution >= 4 is 19.0 Å². The lowest BCUT2D eigenvalue weighted by molar-refractivity contribution is -0.124. The molecule has 0 aliphatic carbocycles. The van der Waals surface area contributed by atoms with E-state index in [1.807, 2.05) is 57.0 Å². The van der Waals surface area contributed by atoms with Gasteiger partial charge in [-0.15, -0.1) is 0 Å². The SMILES string of the molecule is C=O.CC(C)C.CCN(C)CC(O)[C@@H]1Cc2ccc(cc2)OCCCC(=O)NC(C=O)NN1.CN.CNC(C)(C)C. The molecule has 2 aliphatic heterocycles. The third-order valence-electron chi connectivity index (χ3n) is 5.33. The van der Waals surface area contributed by atoms with Crippen LogP contribution in [0.4, 0.5) is 0 Å². The van der Waals surface area contributed by atoms with E-state index in [0.29, 0.717) is 37.8 Å². The van der Waals surface area contributed by atoms with E-state index < -0.39 is 12.3 Å². The molecule has 3 atom stereocenters. The van der Waals surface area contributed by atoms with Crippen LogP contribution in [-0.4, -0.2) is 93.7 Å². The van der Waals surface area contributed by atoms with Crippen molar-refractivity contribution in [2.24, 2.45) is 11.7 Å². The minimum atomic E-state index is -0.871. The molecule has 1 aromatic carbocycles. The Balaban J connectivity index is -0.000000865. The summed E-state index contributed by atoms with van der Waals surface area (Å²) in [6.45, 7) is 18.6. The van der Waals surface area contributed by atoms with E-state index in [9.17, 15) is 14.7 Å².